The molecular weight excluding hydrogens is 542 g/mol. The lowest BCUT2D eigenvalue weighted by atomic mass is 9.85. The van der Waals surface area contributed by atoms with Gasteiger partial charge < -0.3 is 19.1 Å². The Morgan fingerprint density at radius 1 is 1.07 bits per heavy atom. The van der Waals surface area contributed by atoms with Crippen molar-refractivity contribution in [3.8, 4) is 11.4 Å². The van der Waals surface area contributed by atoms with Gasteiger partial charge in [-0.05, 0) is 31.0 Å². The van der Waals surface area contributed by atoms with E-state index < -0.39 is 40.7 Å². The normalized spacial score (nSPS) is 17.3. The third kappa shape index (κ3) is 5.33. The number of esters is 2. The fourth-order valence-corrected chi connectivity index (χ4v) is 5.39. The van der Waals surface area contributed by atoms with E-state index in [0.29, 0.717) is 27.9 Å². The van der Waals surface area contributed by atoms with Gasteiger partial charge in [0.25, 0.3) is 5.56 Å². The number of fused-ring (bicyclic) bond motifs is 5. The topological polar surface area (TPSA) is 142 Å². The molecule has 10 nitrogen and oxygen atoms in total. The molecule has 1 N–H and O–H groups in total. The molecule has 0 saturated heterocycles. The molecule has 214 valence electrons. The van der Waals surface area contributed by atoms with Crippen molar-refractivity contribution in [3.63, 3.8) is 0 Å². The Morgan fingerprint density at radius 2 is 1.83 bits per heavy atom. The quantitative estimate of drug-likeness (QED) is 0.298. The van der Waals surface area contributed by atoms with E-state index in [4.69, 9.17) is 14.6 Å². The summed E-state index contributed by atoms with van der Waals surface area (Å²) < 4.78 is 40.4. The van der Waals surface area contributed by atoms with Gasteiger partial charge in [-0.1, -0.05) is 6.92 Å². The summed E-state index contributed by atoms with van der Waals surface area (Å²) in [5.41, 5.74) is 0.0213. The highest BCUT2D eigenvalue weighted by Crippen LogP contribution is 2.41. The molecule has 0 radical (unpaired) electrons. The second-order valence-electron chi connectivity index (χ2n) is 10.2. The first-order valence-corrected chi connectivity index (χ1v) is 13.2. The fourth-order valence-electron chi connectivity index (χ4n) is 5.39. The smallest absolute Gasteiger partial charge is 0.310 e. The number of halogens is 2. The molecule has 3 aromatic rings. The van der Waals surface area contributed by atoms with Crippen molar-refractivity contribution in [2.45, 2.75) is 70.6 Å². The van der Waals surface area contributed by atoms with Crippen molar-refractivity contribution in [1.82, 2.24) is 9.55 Å². The fraction of sp³-hybridized carbons (Fsp3) is 0.379. The number of ketones is 1. The van der Waals surface area contributed by atoms with Crippen LogP contribution in [0, 0.1) is 11.6 Å². The average molecular weight is 569 g/mol. The second kappa shape index (κ2) is 10.8. The van der Waals surface area contributed by atoms with Crippen molar-refractivity contribution >= 4 is 34.6 Å². The molecule has 2 aliphatic heterocycles. The highest BCUT2D eigenvalue weighted by Gasteiger charge is 2.44. The Labute approximate surface area is 231 Å². The molecule has 0 aliphatic carbocycles. The number of Topliss-reactive ketones (excluding diaryl/α,β-unsaturated/α-hetero) is 1. The lowest BCUT2D eigenvalue weighted by molar-refractivity contribution is -0.168. The number of aliphatic carboxylic acids is 1. The molecule has 1 atom stereocenters. The predicted molar refractivity (Wildman–Crippen MR) is 139 cm³/mol. The summed E-state index contributed by atoms with van der Waals surface area (Å²) >= 11 is 0. The summed E-state index contributed by atoms with van der Waals surface area (Å²) in [4.78, 5) is 66.3. The minimum atomic E-state index is -1.53. The van der Waals surface area contributed by atoms with Crippen LogP contribution in [0.3, 0.4) is 0 Å². The van der Waals surface area contributed by atoms with Crippen LogP contribution in [-0.2, 0) is 47.4 Å². The monoisotopic (exact) mass is 568 g/mol. The zero-order valence-corrected chi connectivity index (χ0v) is 22.1. The molecule has 2 aromatic heterocycles. The zero-order valence-electron chi connectivity index (χ0n) is 22.1. The van der Waals surface area contributed by atoms with Crippen LogP contribution in [0.15, 0.2) is 29.1 Å². The molecular formula is C29H26F2N2O8. The number of hydrogen-bond acceptors (Lipinski definition) is 8. The van der Waals surface area contributed by atoms with Gasteiger partial charge in [0.15, 0.2) is 11.6 Å². The maximum atomic E-state index is 13.9. The van der Waals surface area contributed by atoms with Gasteiger partial charge in [0.1, 0.15) is 18.0 Å². The largest absolute Gasteiger partial charge is 0.481 e. The van der Waals surface area contributed by atoms with E-state index in [1.54, 1.807) is 19.1 Å². The molecule has 4 heterocycles. The van der Waals surface area contributed by atoms with E-state index >= 15 is 0 Å². The van der Waals surface area contributed by atoms with Crippen LogP contribution in [0.2, 0.25) is 0 Å². The third-order valence-corrected chi connectivity index (χ3v) is 7.54. The van der Waals surface area contributed by atoms with Gasteiger partial charge in [-0.15, -0.1) is 0 Å². The molecule has 5 rings (SSSR count). The molecule has 0 saturated carbocycles. The summed E-state index contributed by atoms with van der Waals surface area (Å²) in [7, 11) is 0. The van der Waals surface area contributed by atoms with Crippen molar-refractivity contribution in [1.29, 1.82) is 0 Å². The SMILES string of the molecule is CCC1(OC(=O)CCCC(=O)CCC(=O)O)CC(=O)OCc2c1cc1n(c2=O)Cc2cc3cc(F)c(F)cc3nc2-1. The number of carboxylic acid groups (broad SMARTS) is 1. The van der Waals surface area contributed by atoms with Crippen molar-refractivity contribution in [2.24, 2.45) is 0 Å². The summed E-state index contributed by atoms with van der Waals surface area (Å²) in [6.45, 7) is 1.49. The lowest BCUT2D eigenvalue weighted by Gasteiger charge is -2.32. The second-order valence-corrected chi connectivity index (χ2v) is 10.2. The number of carboxylic acids is 1. The van der Waals surface area contributed by atoms with Crippen LogP contribution in [-0.4, -0.2) is 38.3 Å². The molecule has 12 heteroatoms. The van der Waals surface area contributed by atoms with Gasteiger partial charge in [-0.3, -0.25) is 24.0 Å². The number of hydrogen-bond donors (Lipinski definition) is 1. The molecule has 1 unspecified atom stereocenters. The highest BCUT2D eigenvalue weighted by atomic mass is 19.2. The van der Waals surface area contributed by atoms with Gasteiger partial charge in [-0.25, -0.2) is 13.8 Å². The Balaban J connectivity index is 1.49. The first kappa shape index (κ1) is 28.1. The van der Waals surface area contributed by atoms with Gasteiger partial charge in [0.05, 0.1) is 41.9 Å². The number of benzene rings is 1. The summed E-state index contributed by atoms with van der Waals surface area (Å²) in [6.07, 6.45) is -0.675. The van der Waals surface area contributed by atoms with Crippen LogP contribution in [0.1, 0.15) is 68.6 Å². The molecule has 2 aliphatic rings. The van der Waals surface area contributed by atoms with Crippen LogP contribution >= 0.6 is 0 Å². The maximum Gasteiger partial charge on any atom is 0.310 e. The van der Waals surface area contributed by atoms with Crippen LogP contribution in [0.5, 0.6) is 0 Å². The van der Waals surface area contributed by atoms with Crippen molar-refractivity contribution in [3.05, 3.63) is 62.9 Å². The van der Waals surface area contributed by atoms with Gasteiger partial charge in [0.2, 0.25) is 0 Å². The van der Waals surface area contributed by atoms with Crippen molar-refractivity contribution in [2.75, 3.05) is 0 Å². The lowest BCUT2D eigenvalue weighted by Crippen LogP contribution is -2.36. The van der Waals surface area contributed by atoms with E-state index in [2.05, 4.69) is 4.98 Å². The predicted octanol–water partition coefficient (Wildman–Crippen LogP) is 3.90. The molecule has 41 heavy (non-hydrogen) atoms. The number of nitrogens with zero attached hydrogens (tertiary/aromatic N) is 2. The Hall–Kier alpha value is -4.48. The maximum absolute atomic E-state index is 13.9. The molecule has 0 fully saturated rings. The zero-order chi connectivity index (χ0) is 29.5. The highest BCUT2D eigenvalue weighted by molar-refractivity contribution is 5.85. The minimum Gasteiger partial charge on any atom is -0.481 e. The van der Waals surface area contributed by atoms with Gasteiger partial charge in [0, 0.05) is 41.8 Å². The molecule has 0 bridgehead atoms. The summed E-state index contributed by atoms with van der Waals surface area (Å²) in [6, 6.07) is 5.30. The number of ether oxygens (including phenoxy) is 2. The molecule has 0 amide bonds. The molecule has 1 aromatic carbocycles. The van der Waals surface area contributed by atoms with E-state index in [0.717, 1.165) is 12.1 Å². The number of rotatable bonds is 9. The Kier molecular flexibility index (Phi) is 7.41. The number of pyridine rings is 2. The van der Waals surface area contributed by atoms with E-state index in [9.17, 15) is 32.8 Å². The summed E-state index contributed by atoms with van der Waals surface area (Å²) in [5.74, 6) is -4.81. The van der Waals surface area contributed by atoms with E-state index in [1.807, 2.05) is 0 Å². The van der Waals surface area contributed by atoms with Crippen molar-refractivity contribution < 1.29 is 42.5 Å². The van der Waals surface area contributed by atoms with E-state index in [-0.39, 0.29) is 75.0 Å². The van der Waals surface area contributed by atoms with Crippen LogP contribution in [0.25, 0.3) is 22.3 Å². The number of carbonyl (C=O) groups is 4. The van der Waals surface area contributed by atoms with Gasteiger partial charge >= 0.3 is 17.9 Å². The molecule has 0 spiro atoms. The Bertz CT molecular complexity index is 1680. The first-order chi connectivity index (χ1) is 19.5. The average Bonchev–Trinajstić information content (AvgIpc) is 3.20. The number of aromatic nitrogens is 2. The van der Waals surface area contributed by atoms with Gasteiger partial charge in [-0.2, -0.15) is 0 Å². The minimum absolute atomic E-state index is 0.00407. The summed E-state index contributed by atoms with van der Waals surface area (Å²) in [5, 5.41) is 9.09. The van der Waals surface area contributed by atoms with Crippen LogP contribution in [0.4, 0.5) is 8.78 Å². The third-order valence-electron chi connectivity index (χ3n) is 7.54. The Morgan fingerprint density at radius 3 is 2.56 bits per heavy atom. The number of cyclic esters (lactones) is 1. The number of carbonyl (C=O) groups excluding carboxylic acids is 3. The standard InChI is InChI=1S/C29H26F2N2O8/c1-2-29(41-25(37)5-3-4-17(34)6-7-24(35)36)12-26(38)40-14-18-19(29)10-23-27-16(13-33(23)28(18)39)8-15-9-20(30)21(31)11-22(15)32-27/h8-11H,2-7,12-14H2,1H3,(H,35,36). The first-order valence-electron chi connectivity index (χ1n) is 13.2. The van der Waals surface area contributed by atoms with E-state index in [1.165, 1.54) is 4.57 Å². The van der Waals surface area contributed by atoms with Crippen LogP contribution < -0.4 is 5.56 Å².